The zero-order chi connectivity index (χ0) is 32.4. The lowest BCUT2D eigenvalue weighted by Gasteiger charge is -2.29. The fourth-order valence-electron chi connectivity index (χ4n) is 4.24. The average Bonchev–Trinajstić information content (AvgIpc) is 2.96. The summed E-state index contributed by atoms with van der Waals surface area (Å²) in [4.78, 5) is 64.8. The van der Waals surface area contributed by atoms with Crippen LogP contribution in [-0.4, -0.2) is 81.3 Å². The molecule has 1 aliphatic rings. The first kappa shape index (κ1) is 34.6. The Morgan fingerprint density at radius 3 is 2.27 bits per heavy atom. The maximum absolute atomic E-state index is 13.1. The van der Waals surface area contributed by atoms with Crippen molar-refractivity contribution < 1.29 is 38.2 Å². The molecular formula is C30H36Cl2N4O8. The normalized spacial score (nSPS) is 13.8. The molecule has 0 aromatic heterocycles. The van der Waals surface area contributed by atoms with Gasteiger partial charge in [0.25, 0.3) is 11.8 Å². The summed E-state index contributed by atoms with van der Waals surface area (Å²) in [6.07, 6.45) is -0.923. The number of carbonyl (C=O) groups is 5. The molecule has 0 spiro atoms. The first-order valence-corrected chi connectivity index (χ1v) is 14.6. The second-order valence-electron chi connectivity index (χ2n) is 10.9. The number of ketones is 1. The SMILES string of the molecule is COC(=O)[C@H](CCC(=O)CNC(=O)c1cccc(NC(=O)OC(C)(C)C)c1)NC(=O)c1c(Cl)cc(N2CCOCC2)cc1Cl. The number of halogens is 2. The minimum Gasteiger partial charge on any atom is -0.467 e. The van der Waals surface area contributed by atoms with Crippen LogP contribution in [0.15, 0.2) is 36.4 Å². The van der Waals surface area contributed by atoms with Gasteiger partial charge in [-0.2, -0.15) is 0 Å². The number of hydrogen-bond acceptors (Lipinski definition) is 9. The fraction of sp³-hybridized carbons (Fsp3) is 0.433. The Morgan fingerprint density at radius 1 is 1.00 bits per heavy atom. The summed E-state index contributed by atoms with van der Waals surface area (Å²) in [6, 6.07) is 8.19. The zero-order valence-electron chi connectivity index (χ0n) is 25.0. The molecule has 0 radical (unpaired) electrons. The van der Waals surface area contributed by atoms with Crippen LogP contribution < -0.4 is 20.9 Å². The summed E-state index contributed by atoms with van der Waals surface area (Å²) in [5.74, 6) is -2.41. The monoisotopic (exact) mass is 650 g/mol. The molecule has 1 saturated heterocycles. The summed E-state index contributed by atoms with van der Waals surface area (Å²) in [5.41, 5.74) is 0.582. The second kappa shape index (κ2) is 15.7. The minimum absolute atomic E-state index is 0.0128. The van der Waals surface area contributed by atoms with E-state index in [1.165, 1.54) is 12.1 Å². The number of benzene rings is 2. The molecule has 3 amide bonds. The average molecular weight is 652 g/mol. The highest BCUT2D eigenvalue weighted by molar-refractivity contribution is 6.40. The predicted molar refractivity (Wildman–Crippen MR) is 166 cm³/mol. The van der Waals surface area contributed by atoms with Gasteiger partial charge in [-0.25, -0.2) is 9.59 Å². The molecule has 3 N–H and O–H groups in total. The largest absolute Gasteiger partial charge is 0.467 e. The van der Waals surface area contributed by atoms with Crippen molar-refractivity contribution in [3.63, 3.8) is 0 Å². The van der Waals surface area contributed by atoms with Gasteiger partial charge in [-0.1, -0.05) is 29.3 Å². The molecule has 14 heteroatoms. The highest BCUT2D eigenvalue weighted by Crippen LogP contribution is 2.31. The lowest BCUT2D eigenvalue weighted by Crippen LogP contribution is -2.42. The molecule has 12 nitrogen and oxygen atoms in total. The number of hydrogen-bond donors (Lipinski definition) is 3. The molecule has 1 heterocycles. The molecule has 0 aliphatic carbocycles. The van der Waals surface area contributed by atoms with E-state index >= 15 is 0 Å². The molecule has 0 bridgehead atoms. The Balaban J connectivity index is 1.55. The number of anilines is 2. The van der Waals surface area contributed by atoms with Gasteiger partial charge in [0.15, 0.2) is 5.78 Å². The quantitative estimate of drug-likeness (QED) is 0.303. The van der Waals surface area contributed by atoms with Crippen LogP contribution in [0.3, 0.4) is 0 Å². The molecule has 1 atom stereocenters. The van der Waals surface area contributed by atoms with Crippen molar-refractivity contribution in [2.75, 3.05) is 50.2 Å². The second-order valence-corrected chi connectivity index (χ2v) is 11.7. The van der Waals surface area contributed by atoms with Gasteiger partial charge in [0, 0.05) is 36.4 Å². The molecule has 238 valence electrons. The maximum atomic E-state index is 13.1. The van der Waals surface area contributed by atoms with Gasteiger partial charge < -0.3 is 29.7 Å². The Kier molecular flexibility index (Phi) is 12.4. The Morgan fingerprint density at radius 2 is 1.66 bits per heavy atom. The third-order valence-corrected chi connectivity index (χ3v) is 6.95. The number of nitrogens with one attached hydrogen (secondary N) is 3. The van der Waals surface area contributed by atoms with Crippen molar-refractivity contribution in [2.24, 2.45) is 0 Å². The smallest absolute Gasteiger partial charge is 0.412 e. The van der Waals surface area contributed by atoms with Crippen LogP contribution >= 0.6 is 23.2 Å². The van der Waals surface area contributed by atoms with E-state index in [4.69, 9.17) is 37.4 Å². The number of amides is 3. The highest BCUT2D eigenvalue weighted by Gasteiger charge is 2.26. The first-order chi connectivity index (χ1) is 20.8. The third-order valence-electron chi connectivity index (χ3n) is 6.35. The van der Waals surface area contributed by atoms with Crippen molar-refractivity contribution in [2.45, 2.75) is 45.3 Å². The van der Waals surface area contributed by atoms with E-state index in [9.17, 15) is 24.0 Å². The molecule has 2 aromatic rings. The third kappa shape index (κ3) is 10.4. The highest BCUT2D eigenvalue weighted by atomic mass is 35.5. The van der Waals surface area contributed by atoms with E-state index in [0.717, 1.165) is 12.8 Å². The number of methoxy groups -OCH3 is 1. The van der Waals surface area contributed by atoms with Crippen molar-refractivity contribution in [1.29, 1.82) is 0 Å². The Hall–Kier alpha value is -3.87. The van der Waals surface area contributed by atoms with Crippen LogP contribution in [0.4, 0.5) is 16.2 Å². The van der Waals surface area contributed by atoms with Gasteiger partial charge in [0.2, 0.25) is 0 Å². The standard InChI is InChI=1S/C30H36Cl2N4O8/c1-30(2,3)44-29(41)34-19-7-5-6-18(14-19)26(38)33-17-21(37)8-9-24(28(40)42-4)35-27(39)25-22(31)15-20(16-23(25)32)36-10-12-43-13-11-36/h5-7,14-16,24H,8-13,17H2,1-4H3,(H,33,38)(H,34,41)(H,35,39)/t24-/m0/s1. The molecule has 44 heavy (non-hydrogen) atoms. The van der Waals surface area contributed by atoms with Gasteiger partial charge in [0.05, 0.1) is 42.5 Å². The maximum Gasteiger partial charge on any atom is 0.412 e. The number of morpholine rings is 1. The Labute approximate surface area is 265 Å². The van der Waals surface area contributed by atoms with E-state index in [0.29, 0.717) is 32.0 Å². The molecule has 2 aromatic carbocycles. The van der Waals surface area contributed by atoms with Crippen LogP contribution in [0, 0.1) is 0 Å². The molecule has 0 saturated carbocycles. The number of ether oxygens (including phenoxy) is 3. The summed E-state index contributed by atoms with van der Waals surface area (Å²) in [7, 11) is 1.16. The number of nitrogens with zero attached hydrogens (tertiary/aromatic N) is 1. The summed E-state index contributed by atoms with van der Waals surface area (Å²) in [6.45, 7) is 7.26. The van der Waals surface area contributed by atoms with Crippen LogP contribution in [-0.2, 0) is 23.8 Å². The number of esters is 1. The van der Waals surface area contributed by atoms with E-state index in [1.807, 2.05) is 4.90 Å². The molecule has 3 rings (SSSR count). The lowest BCUT2D eigenvalue weighted by atomic mass is 10.1. The van der Waals surface area contributed by atoms with E-state index in [-0.39, 0.29) is 40.6 Å². The van der Waals surface area contributed by atoms with Gasteiger partial charge >= 0.3 is 12.1 Å². The van der Waals surface area contributed by atoms with Gasteiger partial charge in [-0.3, -0.25) is 19.7 Å². The topological polar surface area (TPSA) is 152 Å². The van der Waals surface area contributed by atoms with E-state index < -0.39 is 41.3 Å². The molecular weight excluding hydrogens is 615 g/mol. The minimum atomic E-state index is -1.17. The molecule has 1 aliphatic heterocycles. The van der Waals surface area contributed by atoms with Crippen LogP contribution in [0.2, 0.25) is 10.0 Å². The summed E-state index contributed by atoms with van der Waals surface area (Å²) < 4.78 is 15.4. The first-order valence-electron chi connectivity index (χ1n) is 13.9. The van der Waals surface area contributed by atoms with Crippen molar-refractivity contribution in [3.05, 3.63) is 57.6 Å². The van der Waals surface area contributed by atoms with Crippen LogP contribution in [0.1, 0.15) is 54.3 Å². The number of carbonyl (C=O) groups excluding carboxylic acids is 5. The van der Waals surface area contributed by atoms with Crippen molar-refractivity contribution >= 4 is 64.2 Å². The van der Waals surface area contributed by atoms with E-state index in [1.54, 1.807) is 45.0 Å². The van der Waals surface area contributed by atoms with Crippen molar-refractivity contribution in [3.8, 4) is 0 Å². The number of Topliss-reactive ketones (excluding diaryl/α,β-unsaturated/α-hetero) is 1. The van der Waals surface area contributed by atoms with E-state index in [2.05, 4.69) is 16.0 Å². The predicted octanol–water partition coefficient (Wildman–Crippen LogP) is 4.23. The summed E-state index contributed by atoms with van der Waals surface area (Å²) >= 11 is 12.8. The van der Waals surface area contributed by atoms with Gasteiger partial charge in [-0.15, -0.1) is 0 Å². The zero-order valence-corrected chi connectivity index (χ0v) is 26.5. The summed E-state index contributed by atoms with van der Waals surface area (Å²) in [5, 5.41) is 7.81. The van der Waals surface area contributed by atoms with Crippen LogP contribution in [0.25, 0.3) is 0 Å². The van der Waals surface area contributed by atoms with Crippen LogP contribution in [0.5, 0.6) is 0 Å². The Bertz CT molecular complexity index is 1370. The molecule has 0 unspecified atom stereocenters. The number of rotatable bonds is 11. The lowest BCUT2D eigenvalue weighted by molar-refractivity contribution is -0.143. The van der Waals surface area contributed by atoms with Gasteiger partial charge in [-0.05, 0) is 57.5 Å². The fourth-order valence-corrected chi connectivity index (χ4v) is 4.88. The van der Waals surface area contributed by atoms with Crippen molar-refractivity contribution in [1.82, 2.24) is 10.6 Å². The molecule has 1 fully saturated rings. The van der Waals surface area contributed by atoms with Gasteiger partial charge in [0.1, 0.15) is 11.6 Å².